The summed E-state index contributed by atoms with van der Waals surface area (Å²) in [6.07, 6.45) is 9.63. The van der Waals surface area contributed by atoms with E-state index in [1.54, 1.807) is 12.1 Å². The van der Waals surface area contributed by atoms with Gasteiger partial charge in [0.2, 0.25) is 5.91 Å². The van der Waals surface area contributed by atoms with Gasteiger partial charge in [-0.3, -0.25) is 9.69 Å². The lowest BCUT2D eigenvalue weighted by Crippen LogP contribution is -2.53. The van der Waals surface area contributed by atoms with Gasteiger partial charge in [0.25, 0.3) is 0 Å². The van der Waals surface area contributed by atoms with E-state index in [9.17, 15) is 9.18 Å². The number of rotatable bonds is 11. The summed E-state index contributed by atoms with van der Waals surface area (Å²) in [7, 11) is 0. The number of piperazine rings is 1. The van der Waals surface area contributed by atoms with Gasteiger partial charge in [-0.2, -0.15) is 0 Å². The number of hydrogen-bond donors (Lipinski definition) is 0. The molecule has 1 unspecified atom stereocenters. The Morgan fingerprint density at radius 3 is 2.42 bits per heavy atom. The zero-order valence-corrected chi connectivity index (χ0v) is 26.8. The van der Waals surface area contributed by atoms with Gasteiger partial charge in [-0.05, 0) is 82.3 Å². The fourth-order valence-electron chi connectivity index (χ4n) is 7.44. The Balaban J connectivity index is 1.34. The third-order valence-electron chi connectivity index (χ3n) is 9.88. The van der Waals surface area contributed by atoms with Crippen molar-refractivity contribution in [3.63, 3.8) is 0 Å². The number of benzene rings is 2. The predicted molar refractivity (Wildman–Crippen MR) is 171 cm³/mol. The van der Waals surface area contributed by atoms with Crippen molar-refractivity contribution in [1.82, 2.24) is 14.7 Å². The topological polar surface area (TPSA) is 45.2 Å². The molecular formula is C35H49ClFN3O3. The van der Waals surface area contributed by atoms with Crippen LogP contribution in [-0.2, 0) is 16.6 Å². The number of halogens is 2. The third kappa shape index (κ3) is 7.84. The van der Waals surface area contributed by atoms with Crippen LogP contribution < -0.4 is 9.47 Å². The van der Waals surface area contributed by atoms with E-state index in [0.29, 0.717) is 31.3 Å². The lowest BCUT2D eigenvalue weighted by atomic mass is 9.71. The number of piperidine rings is 1. The lowest BCUT2D eigenvalue weighted by molar-refractivity contribution is -0.133. The van der Waals surface area contributed by atoms with Crippen LogP contribution in [0.2, 0.25) is 5.02 Å². The Morgan fingerprint density at radius 1 is 0.953 bits per heavy atom. The van der Waals surface area contributed by atoms with Crippen molar-refractivity contribution < 1.29 is 18.7 Å². The van der Waals surface area contributed by atoms with Crippen molar-refractivity contribution in [1.29, 1.82) is 0 Å². The lowest BCUT2D eigenvalue weighted by Gasteiger charge is -2.46. The Labute approximate surface area is 262 Å². The summed E-state index contributed by atoms with van der Waals surface area (Å²) in [5.74, 6) is 1.00. The van der Waals surface area contributed by atoms with E-state index in [0.717, 1.165) is 69.5 Å². The fourth-order valence-corrected chi connectivity index (χ4v) is 7.67. The third-order valence-corrected chi connectivity index (χ3v) is 10.2. The molecule has 3 aliphatic rings. The first-order valence-electron chi connectivity index (χ1n) is 16.5. The molecule has 1 atom stereocenters. The number of hydrogen-bond acceptors (Lipinski definition) is 5. The van der Waals surface area contributed by atoms with Crippen LogP contribution in [0, 0.1) is 5.82 Å². The Morgan fingerprint density at radius 2 is 1.70 bits per heavy atom. The maximum Gasteiger partial charge on any atom is 0.227 e. The highest BCUT2D eigenvalue weighted by molar-refractivity contribution is 6.31. The smallest absolute Gasteiger partial charge is 0.227 e. The van der Waals surface area contributed by atoms with Crippen LogP contribution in [0.1, 0.15) is 76.3 Å². The molecule has 2 aromatic rings. The number of carbonyl (C=O) groups is 1. The Hall–Kier alpha value is -2.35. The number of likely N-dealkylation sites (tertiary alicyclic amines) is 1. The molecule has 0 bridgehead atoms. The highest BCUT2D eigenvalue weighted by Gasteiger charge is 2.40. The molecule has 2 heterocycles. The zero-order valence-electron chi connectivity index (χ0n) is 26.1. The first kappa shape index (κ1) is 32.1. The highest BCUT2D eigenvalue weighted by Crippen LogP contribution is 2.42. The normalized spacial score (nSPS) is 22.5. The molecule has 3 fully saturated rings. The summed E-state index contributed by atoms with van der Waals surface area (Å²) >= 11 is 6.30. The van der Waals surface area contributed by atoms with E-state index >= 15 is 0 Å². The summed E-state index contributed by atoms with van der Waals surface area (Å²) in [5.41, 5.74) is 1.23. The van der Waals surface area contributed by atoms with Gasteiger partial charge < -0.3 is 19.3 Å². The number of amides is 1. The van der Waals surface area contributed by atoms with Crippen molar-refractivity contribution in [2.45, 2.75) is 83.1 Å². The quantitative estimate of drug-likeness (QED) is 0.282. The largest absolute Gasteiger partial charge is 0.490 e. The van der Waals surface area contributed by atoms with Crippen LogP contribution in [0.15, 0.2) is 36.4 Å². The molecule has 5 rings (SSSR count). The second-order valence-electron chi connectivity index (χ2n) is 12.5. The average molecular weight is 614 g/mol. The van der Waals surface area contributed by atoms with Gasteiger partial charge in [-0.1, -0.05) is 43.0 Å². The molecule has 1 aliphatic carbocycles. The minimum atomic E-state index is -0.427. The van der Waals surface area contributed by atoms with E-state index in [2.05, 4.69) is 21.9 Å². The number of ether oxygens (including phenoxy) is 2. The van der Waals surface area contributed by atoms with Crippen molar-refractivity contribution in [2.24, 2.45) is 0 Å². The summed E-state index contributed by atoms with van der Waals surface area (Å²) < 4.78 is 26.5. The van der Waals surface area contributed by atoms with Gasteiger partial charge in [-0.25, -0.2) is 4.39 Å². The summed E-state index contributed by atoms with van der Waals surface area (Å²) in [4.78, 5) is 20.9. The van der Waals surface area contributed by atoms with Gasteiger partial charge in [0, 0.05) is 61.3 Å². The number of nitrogens with zero attached hydrogens (tertiary/aromatic N) is 3. The number of carbonyl (C=O) groups excluding carboxylic acids is 1. The maximum atomic E-state index is 14.6. The Bertz CT molecular complexity index is 1190. The molecule has 2 aromatic carbocycles. The minimum Gasteiger partial charge on any atom is -0.490 e. The van der Waals surface area contributed by atoms with E-state index in [1.807, 2.05) is 24.8 Å². The molecule has 6 nitrogen and oxygen atoms in total. The molecule has 43 heavy (non-hydrogen) atoms. The molecule has 8 heteroatoms. The summed E-state index contributed by atoms with van der Waals surface area (Å²) in [6, 6.07) is 11.7. The van der Waals surface area contributed by atoms with Crippen LogP contribution in [0.5, 0.6) is 11.5 Å². The van der Waals surface area contributed by atoms with Gasteiger partial charge >= 0.3 is 0 Å². The van der Waals surface area contributed by atoms with Crippen molar-refractivity contribution in [2.75, 3.05) is 59.0 Å². The average Bonchev–Trinajstić information content (AvgIpc) is 3.03. The van der Waals surface area contributed by atoms with Crippen LogP contribution in [0.25, 0.3) is 0 Å². The molecule has 2 saturated heterocycles. The predicted octanol–water partition coefficient (Wildman–Crippen LogP) is 6.72. The van der Waals surface area contributed by atoms with E-state index in [4.69, 9.17) is 21.1 Å². The standard InChI is InChI=1S/C35H49ClFN3O3/c1-3-42-32-15-14-27(24-33(32)43-4-2)35(17-19-38-20-22-39(23-21-38)28-10-6-5-7-11-28)16-9-18-40(26-35)34(41)25-29-30(36)12-8-13-31(29)37/h8,12-15,24,28H,3-7,9-11,16-23,25-26H2,1-2H3. The molecular weight excluding hydrogens is 565 g/mol. The first-order valence-corrected chi connectivity index (χ1v) is 16.9. The monoisotopic (exact) mass is 613 g/mol. The molecule has 1 saturated carbocycles. The molecule has 0 N–H and O–H groups in total. The maximum absolute atomic E-state index is 14.6. The van der Waals surface area contributed by atoms with E-state index in [-0.39, 0.29) is 23.3 Å². The van der Waals surface area contributed by atoms with Gasteiger partial charge in [-0.15, -0.1) is 0 Å². The summed E-state index contributed by atoms with van der Waals surface area (Å²) in [5, 5.41) is 0.303. The van der Waals surface area contributed by atoms with Crippen LogP contribution in [0.4, 0.5) is 4.39 Å². The second-order valence-corrected chi connectivity index (χ2v) is 12.9. The van der Waals surface area contributed by atoms with Gasteiger partial charge in [0.1, 0.15) is 5.82 Å². The van der Waals surface area contributed by atoms with Gasteiger partial charge in [0.15, 0.2) is 11.5 Å². The molecule has 0 radical (unpaired) electrons. The van der Waals surface area contributed by atoms with Crippen LogP contribution in [0.3, 0.4) is 0 Å². The van der Waals surface area contributed by atoms with Crippen molar-refractivity contribution >= 4 is 17.5 Å². The van der Waals surface area contributed by atoms with Crippen LogP contribution >= 0.6 is 11.6 Å². The molecule has 0 spiro atoms. The highest BCUT2D eigenvalue weighted by atomic mass is 35.5. The van der Waals surface area contributed by atoms with E-state index < -0.39 is 5.82 Å². The SMILES string of the molecule is CCOc1ccc(C2(CCN3CCN(C4CCCCC4)CC3)CCCN(C(=O)Cc3c(F)cccc3Cl)C2)cc1OCC. The van der Waals surface area contributed by atoms with Gasteiger partial charge in [0.05, 0.1) is 19.6 Å². The second kappa shape index (κ2) is 15.1. The molecule has 236 valence electrons. The first-order chi connectivity index (χ1) is 20.9. The van der Waals surface area contributed by atoms with Crippen molar-refractivity contribution in [3.8, 4) is 11.5 Å². The molecule has 1 amide bonds. The minimum absolute atomic E-state index is 0.0296. The molecule has 0 aromatic heterocycles. The van der Waals surface area contributed by atoms with Crippen molar-refractivity contribution in [3.05, 3.63) is 58.4 Å². The summed E-state index contributed by atoms with van der Waals surface area (Å²) in [6.45, 7) is 11.8. The molecule has 2 aliphatic heterocycles. The Kier molecular flexibility index (Phi) is 11.2. The van der Waals surface area contributed by atoms with E-state index in [1.165, 1.54) is 43.7 Å². The zero-order chi connectivity index (χ0) is 30.2. The fraction of sp³-hybridized carbons (Fsp3) is 0.629. The van der Waals surface area contributed by atoms with Crippen LogP contribution in [-0.4, -0.2) is 85.7 Å².